The molecule has 0 spiro atoms. The highest BCUT2D eigenvalue weighted by Gasteiger charge is 2.23. The van der Waals surface area contributed by atoms with Crippen molar-refractivity contribution in [3.63, 3.8) is 0 Å². The van der Waals surface area contributed by atoms with E-state index in [0.717, 1.165) is 22.1 Å². The van der Waals surface area contributed by atoms with Crippen LogP contribution in [-0.2, 0) is 7.05 Å². The molecule has 2 aromatic carbocycles. The second-order valence-electron chi connectivity index (χ2n) is 5.88. The molecule has 0 aliphatic carbocycles. The number of aryl methyl sites for hydroxylation is 2. The van der Waals surface area contributed by atoms with Crippen LogP contribution >= 0.6 is 0 Å². The number of fused-ring (bicyclic) bond motifs is 8. The number of hydrogen-bond donors (Lipinski definition) is 0. The molecule has 3 heteroatoms. The summed E-state index contributed by atoms with van der Waals surface area (Å²) in [6, 6.07) is 14.7. The quantitative estimate of drug-likeness (QED) is 0.392. The van der Waals surface area contributed by atoms with Gasteiger partial charge in [-0.05, 0) is 24.6 Å². The number of furan rings is 1. The van der Waals surface area contributed by atoms with Gasteiger partial charge in [0.25, 0.3) is 5.65 Å². The van der Waals surface area contributed by atoms with Gasteiger partial charge in [-0.1, -0.05) is 30.3 Å². The molecule has 0 amide bonds. The summed E-state index contributed by atoms with van der Waals surface area (Å²) in [5.41, 5.74) is 5.50. The standard InChI is InChI=1S/C19H15N2O/c1-12-6-5-8-14-16(12)19-20(2)10-11-21(19)17-13-7-3-4-9-15(13)22-18(14)17/h3-11H,1-2H3/q+1. The first-order chi connectivity index (χ1) is 10.8. The van der Waals surface area contributed by atoms with Crippen molar-refractivity contribution in [1.82, 2.24) is 4.40 Å². The van der Waals surface area contributed by atoms with Gasteiger partial charge in [-0.3, -0.25) is 0 Å². The van der Waals surface area contributed by atoms with Crippen LogP contribution in [-0.4, -0.2) is 4.40 Å². The smallest absolute Gasteiger partial charge is 0.295 e. The molecule has 0 N–H and O–H groups in total. The van der Waals surface area contributed by atoms with E-state index in [1.807, 2.05) is 12.1 Å². The molecule has 0 saturated heterocycles. The molecule has 0 radical (unpaired) electrons. The highest BCUT2D eigenvalue weighted by Crippen LogP contribution is 2.36. The summed E-state index contributed by atoms with van der Waals surface area (Å²) in [5.74, 6) is 0. The van der Waals surface area contributed by atoms with Gasteiger partial charge < -0.3 is 4.42 Å². The second-order valence-corrected chi connectivity index (χ2v) is 5.88. The number of benzene rings is 2. The third kappa shape index (κ3) is 1.29. The molecule has 5 rings (SSSR count). The Labute approximate surface area is 127 Å². The molecule has 3 aromatic heterocycles. The Morgan fingerprint density at radius 1 is 1.00 bits per heavy atom. The van der Waals surface area contributed by atoms with Gasteiger partial charge in [-0.25, -0.2) is 4.57 Å². The lowest BCUT2D eigenvalue weighted by Crippen LogP contribution is -2.26. The number of pyridine rings is 1. The maximum Gasteiger partial charge on any atom is 0.295 e. The number of hydrogen-bond acceptors (Lipinski definition) is 1. The molecule has 0 aliphatic heterocycles. The molecule has 106 valence electrons. The Hall–Kier alpha value is -2.81. The van der Waals surface area contributed by atoms with Crippen LogP contribution in [0.4, 0.5) is 0 Å². The first-order valence-corrected chi connectivity index (χ1v) is 7.45. The van der Waals surface area contributed by atoms with E-state index in [9.17, 15) is 0 Å². The van der Waals surface area contributed by atoms with E-state index in [2.05, 4.69) is 65.7 Å². The van der Waals surface area contributed by atoms with E-state index >= 15 is 0 Å². The van der Waals surface area contributed by atoms with Crippen molar-refractivity contribution >= 4 is 38.5 Å². The van der Waals surface area contributed by atoms with Gasteiger partial charge in [0.05, 0.1) is 17.8 Å². The number of imidazole rings is 1. The van der Waals surface area contributed by atoms with E-state index in [1.54, 1.807) is 0 Å². The lowest BCUT2D eigenvalue weighted by molar-refractivity contribution is -0.643. The van der Waals surface area contributed by atoms with Gasteiger partial charge >= 0.3 is 0 Å². The fourth-order valence-corrected chi connectivity index (χ4v) is 3.56. The van der Waals surface area contributed by atoms with Crippen molar-refractivity contribution in [1.29, 1.82) is 0 Å². The van der Waals surface area contributed by atoms with Crippen molar-refractivity contribution in [2.24, 2.45) is 7.05 Å². The summed E-state index contributed by atoms with van der Waals surface area (Å²) in [5, 5.41) is 3.58. The fourth-order valence-electron chi connectivity index (χ4n) is 3.56. The van der Waals surface area contributed by atoms with E-state index < -0.39 is 0 Å². The highest BCUT2D eigenvalue weighted by molar-refractivity contribution is 6.17. The minimum Gasteiger partial charge on any atom is -0.451 e. The minimum absolute atomic E-state index is 0.934. The summed E-state index contributed by atoms with van der Waals surface area (Å²) in [6.45, 7) is 2.16. The van der Waals surface area contributed by atoms with Crippen LogP contribution in [0.5, 0.6) is 0 Å². The maximum absolute atomic E-state index is 6.21. The molecule has 3 nitrogen and oxygen atoms in total. The Kier molecular flexibility index (Phi) is 2.09. The molecule has 0 aliphatic rings. The Balaban J connectivity index is 2.26. The topological polar surface area (TPSA) is 21.4 Å². The average Bonchev–Trinajstić information content (AvgIpc) is 3.09. The zero-order valence-corrected chi connectivity index (χ0v) is 12.5. The lowest BCUT2D eigenvalue weighted by Gasteiger charge is -2.03. The van der Waals surface area contributed by atoms with E-state index in [0.29, 0.717) is 0 Å². The van der Waals surface area contributed by atoms with Crippen molar-refractivity contribution in [2.75, 3.05) is 0 Å². The largest absolute Gasteiger partial charge is 0.451 e. The number of nitrogens with zero attached hydrogens (tertiary/aromatic N) is 2. The predicted molar refractivity (Wildman–Crippen MR) is 88.1 cm³/mol. The molecule has 0 saturated carbocycles. The van der Waals surface area contributed by atoms with Crippen LogP contribution in [0.3, 0.4) is 0 Å². The summed E-state index contributed by atoms with van der Waals surface area (Å²) in [6.07, 6.45) is 4.22. The van der Waals surface area contributed by atoms with E-state index in [-0.39, 0.29) is 0 Å². The third-order valence-electron chi connectivity index (χ3n) is 4.55. The van der Waals surface area contributed by atoms with Gasteiger partial charge in [0, 0.05) is 5.39 Å². The number of rotatable bonds is 0. The molecule has 0 fully saturated rings. The van der Waals surface area contributed by atoms with E-state index in [4.69, 9.17) is 4.42 Å². The van der Waals surface area contributed by atoms with Crippen molar-refractivity contribution in [3.8, 4) is 0 Å². The minimum atomic E-state index is 0.934. The van der Waals surface area contributed by atoms with Crippen LogP contribution < -0.4 is 4.57 Å². The maximum atomic E-state index is 6.21. The number of para-hydroxylation sites is 1. The van der Waals surface area contributed by atoms with Crippen LogP contribution in [0.2, 0.25) is 0 Å². The summed E-state index contributed by atoms with van der Waals surface area (Å²) in [4.78, 5) is 0. The molecule has 5 aromatic rings. The molecule has 0 bridgehead atoms. The van der Waals surface area contributed by atoms with Gasteiger partial charge in [-0.15, -0.1) is 0 Å². The van der Waals surface area contributed by atoms with Crippen LogP contribution in [0.1, 0.15) is 5.56 Å². The van der Waals surface area contributed by atoms with Crippen molar-refractivity contribution in [3.05, 3.63) is 60.4 Å². The van der Waals surface area contributed by atoms with Crippen molar-refractivity contribution < 1.29 is 8.98 Å². The zero-order valence-electron chi connectivity index (χ0n) is 12.5. The van der Waals surface area contributed by atoms with Gasteiger partial charge in [0.15, 0.2) is 11.1 Å². The molecule has 22 heavy (non-hydrogen) atoms. The van der Waals surface area contributed by atoms with Crippen molar-refractivity contribution in [2.45, 2.75) is 6.92 Å². The second kappa shape index (κ2) is 3.89. The first kappa shape index (κ1) is 11.8. The normalized spacial score (nSPS) is 12.1. The predicted octanol–water partition coefficient (Wildman–Crippen LogP) is 4.12. The molecule has 0 unspecified atom stereocenters. The Morgan fingerprint density at radius 3 is 2.73 bits per heavy atom. The lowest BCUT2D eigenvalue weighted by atomic mass is 10.1. The summed E-state index contributed by atoms with van der Waals surface area (Å²) < 4.78 is 10.6. The van der Waals surface area contributed by atoms with Crippen LogP contribution in [0.15, 0.2) is 59.3 Å². The van der Waals surface area contributed by atoms with Gasteiger partial charge in [0.1, 0.15) is 18.0 Å². The van der Waals surface area contributed by atoms with Gasteiger partial charge in [-0.2, -0.15) is 4.40 Å². The Bertz CT molecular complexity index is 1190. The summed E-state index contributed by atoms with van der Waals surface area (Å²) in [7, 11) is 2.09. The first-order valence-electron chi connectivity index (χ1n) is 7.45. The molecule has 0 atom stereocenters. The molecule has 3 heterocycles. The van der Waals surface area contributed by atoms with Crippen LogP contribution in [0, 0.1) is 6.92 Å². The molecular weight excluding hydrogens is 272 g/mol. The number of aromatic nitrogens is 2. The van der Waals surface area contributed by atoms with Gasteiger partial charge in [0.2, 0.25) is 0 Å². The third-order valence-corrected chi connectivity index (χ3v) is 4.55. The summed E-state index contributed by atoms with van der Waals surface area (Å²) >= 11 is 0. The highest BCUT2D eigenvalue weighted by atomic mass is 16.3. The molecular formula is C19H15N2O+. The fraction of sp³-hybridized carbons (Fsp3) is 0.105. The zero-order chi connectivity index (χ0) is 14.8. The Morgan fingerprint density at radius 2 is 1.82 bits per heavy atom. The van der Waals surface area contributed by atoms with Crippen LogP contribution in [0.25, 0.3) is 38.5 Å². The average molecular weight is 287 g/mol. The monoisotopic (exact) mass is 287 g/mol. The SMILES string of the molecule is Cc1cccc2c3oc4ccccc4c3n3cc[n+](C)c3c12. The van der Waals surface area contributed by atoms with E-state index in [1.165, 1.54) is 22.0 Å².